The second kappa shape index (κ2) is 7.49. The first kappa shape index (κ1) is 17.7. The van der Waals surface area contributed by atoms with Crippen molar-refractivity contribution in [2.45, 2.75) is 12.8 Å². The SMILES string of the molecule is CN(C(=O)CC1CCNC1)c1ccc(-c2ccc3ccccc3c2)cc1F. The fourth-order valence-electron chi connectivity index (χ4n) is 3.73. The molecule has 0 radical (unpaired) electrons. The van der Waals surface area contributed by atoms with E-state index in [0.717, 1.165) is 41.4 Å². The number of carbonyl (C=O) groups is 1. The highest BCUT2D eigenvalue weighted by Crippen LogP contribution is 2.29. The van der Waals surface area contributed by atoms with Gasteiger partial charge < -0.3 is 10.2 Å². The Labute approximate surface area is 158 Å². The monoisotopic (exact) mass is 362 g/mol. The number of fused-ring (bicyclic) bond motifs is 1. The molecule has 27 heavy (non-hydrogen) atoms. The van der Waals surface area contributed by atoms with Gasteiger partial charge in [0.15, 0.2) is 0 Å². The lowest BCUT2D eigenvalue weighted by molar-refractivity contribution is -0.119. The van der Waals surface area contributed by atoms with Gasteiger partial charge in [0.1, 0.15) is 5.82 Å². The number of nitrogens with zero attached hydrogens (tertiary/aromatic N) is 1. The molecule has 1 aliphatic rings. The molecule has 0 saturated carbocycles. The Hall–Kier alpha value is -2.72. The van der Waals surface area contributed by atoms with E-state index in [2.05, 4.69) is 17.4 Å². The fourth-order valence-corrected chi connectivity index (χ4v) is 3.73. The fraction of sp³-hybridized carbons (Fsp3) is 0.261. The van der Waals surface area contributed by atoms with Crippen molar-refractivity contribution >= 4 is 22.4 Å². The molecule has 1 aliphatic heterocycles. The summed E-state index contributed by atoms with van der Waals surface area (Å²) >= 11 is 0. The molecule has 1 heterocycles. The van der Waals surface area contributed by atoms with Crippen LogP contribution in [0.3, 0.4) is 0 Å². The topological polar surface area (TPSA) is 32.3 Å². The van der Waals surface area contributed by atoms with Crippen LogP contribution in [-0.4, -0.2) is 26.0 Å². The molecule has 4 heteroatoms. The van der Waals surface area contributed by atoms with Gasteiger partial charge in [0, 0.05) is 13.5 Å². The molecule has 138 valence electrons. The lowest BCUT2D eigenvalue weighted by Crippen LogP contribution is -2.29. The molecule has 0 bridgehead atoms. The first-order valence-electron chi connectivity index (χ1n) is 9.38. The number of nitrogens with one attached hydrogen (secondary N) is 1. The zero-order chi connectivity index (χ0) is 18.8. The minimum Gasteiger partial charge on any atom is -0.316 e. The van der Waals surface area contributed by atoms with E-state index in [9.17, 15) is 9.18 Å². The third-order valence-corrected chi connectivity index (χ3v) is 5.39. The van der Waals surface area contributed by atoms with Crippen LogP contribution in [0.5, 0.6) is 0 Å². The third-order valence-electron chi connectivity index (χ3n) is 5.39. The Morgan fingerprint density at radius 3 is 2.56 bits per heavy atom. The Bertz CT molecular complexity index is 979. The van der Waals surface area contributed by atoms with Crippen LogP contribution in [0.1, 0.15) is 12.8 Å². The zero-order valence-corrected chi connectivity index (χ0v) is 15.4. The van der Waals surface area contributed by atoms with Crippen molar-refractivity contribution in [3.8, 4) is 11.1 Å². The number of carbonyl (C=O) groups excluding carboxylic acids is 1. The number of rotatable bonds is 4. The first-order chi connectivity index (χ1) is 13.1. The molecule has 1 saturated heterocycles. The van der Waals surface area contributed by atoms with Gasteiger partial charge in [-0.05, 0) is 65.5 Å². The lowest BCUT2D eigenvalue weighted by atomic mass is 10.0. The van der Waals surface area contributed by atoms with Gasteiger partial charge in [0.2, 0.25) is 5.91 Å². The van der Waals surface area contributed by atoms with Gasteiger partial charge in [0.05, 0.1) is 5.69 Å². The first-order valence-corrected chi connectivity index (χ1v) is 9.38. The molecule has 0 aliphatic carbocycles. The van der Waals surface area contributed by atoms with Crippen LogP contribution in [-0.2, 0) is 4.79 Å². The minimum atomic E-state index is -0.374. The summed E-state index contributed by atoms with van der Waals surface area (Å²) in [5.74, 6) is -0.0676. The van der Waals surface area contributed by atoms with E-state index in [-0.39, 0.29) is 11.7 Å². The molecule has 1 unspecified atom stereocenters. The van der Waals surface area contributed by atoms with Crippen LogP contribution in [0, 0.1) is 11.7 Å². The van der Waals surface area contributed by atoms with E-state index in [4.69, 9.17) is 0 Å². The van der Waals surface area contributed by atoms with Gasteiger partial charge in [-0.2, -0.15) is 0 Å². The molecule has 3 aromatic carbocycles. The Morgan fingerprint density at radius 1 is 1.07 bits per heavy atom. The predicted molar refractivity (Wildman–Crippen MR) is 108 cm³/mol. The zero-order valence-electron chi connectivity index (χ0n) is 15.4. The van der Waals surface area contributed by atoms with E-state index < -0.39 is 0 Å². The summed E-state index contributed by atoms with van der Waals surface area (Å²) in [6.45, 7) is 1.82. The van der Waals surface area contributed by atoms with Crippen LogP contribution in [0.2, 0.25) is 0 Å². The maximum Gasteiger partial charge on any atom is 0.227 e. The predicted octanol–water partition coefficient (Wildman–Crippen LogP) is 4.61. The van der Waals surface area contributed by atoms with Crippen LogP contribution in [0.15, 0.2) is 60.7 Å². The summed E-state index contributed by atoms with van der Waals surface area (Å²) in [6, 6.07) is 19.3. The highest BCUT2D eigenvalue weighted by Gasteiger charge is 2.22. The standard InChI is InChI=1S/C23H23FN2O/c1-26(23(27)12-16-10-11-25-15-16)22-9-8-20(14-21(22)24)19-7-6-17-4-2-3-5-18(17)13-19/h2-9,13-14,16,25H,10-12,15H2,1H3. The average molecular weight is 362 g/mol. The molecule has 1 fully saturated rings. The molecule has 1 atom stereocenters. The molecule has 0 spiro atoms. The second-order valence-electron chi connectivity index (χ2n) is 7.24. The van der Waals surface area contributed by atoms with E-state index in [1.807, 2.05) is 36.4 Å². The number of benzene rings is 3. The molecule has 3 nitrogen and oxygen atoms in total. The number of hydrogen-bond donors (Lipinski definition) is 1. The van der Waals surface area contributed by atoms with Crippen molar-refractivity contribution in [3.63, 3.8) is 0 Å². The maximum atomic E-state index is 14.8. The summed E-state index contributed by atoms with van der Waals surface area (Å²) < 4.78 is 14.8. The largest absolute Gasteiger partial charge is 0.316 e. The van der Waals surface area contributed by atoms with Crippen LogP contribution in [0.4, 0.5) is 10.1 Å². The third kappa shape index (κ3) is 3.71. The minimum absolute atomic E-state index is 0.0407. The Kier molecular flexibility index (Phi) is 4.90. The van der Waals surface area contributed by atoms with E-state index >= 15 is 0 Å². The molecular formula is C23H23FN2O. The lowest BCUT2D eigenvalue weighted by Gasteiger charge is -2.20. The summed E-state index contributed by atoms with van der Waals surface area (Å²) in [6.07, 6.45) is 1.46. The van der Waals surface area contributed by atoms with Crippen molar-refractivity contribution in [1.82, 2.24) is 5.32 Å². The summed E-state index contributed by atoms with van der Waals surface area (Å²) in [5.41, 5.74) is 2.10. The van der Waals surface area contributed by atoms with Gasteiger partial charge in [-0.15, -0.1) is 0 Å². The quantitative estimate of drug-likeness (QED) is 0.735. The van der Waals surface area contributed by atoms with Crippen LogP contribution < -0.4 is 10.2 Å². The van der Waals surface area contributed by atoms with Gasteiger partial charge in [-0.3, -0.25) is 4.79 Å². The van der Waals surface area contributed by atoms with Crippen molar-refractivity contribution in [2.24, 2.45) is 5.92 Å². The highest BCUT2D eigenvalue weighted by molar-refractivity contribution is 5.93. The second-order valence-corrected chi connectivity index (χ2v) is 7.24. The number of halogens is 1. The van der Waals surface area contributed by atoms with Crippen molar-refractivity contribution < 1.29 is 9.18 Å². The normalized spacial score (nSPS) is 16.6. The van der Waals surface area contributed by atoms with E-state index in [1.165, 1.54) is 11.0 Å². The van der Waals surface area contributed by atoms with Crippen molar-refractivity contribution in [2.75, 3.05) is 25.0 Å². The average Bonchev–Trinajstić information content (AvgIpc) is 3.20. The van der Waals surface area contributed by atoms with E-state index in [1.54, 1.807) is 13.1 Å². The van der Waals surface area contributed by atoms with Gasteiger partial charge in [-0.1, -0.05) is 42.5 Å². The molecule has 0 aromatic heterocycles. The Balaban J connectivity index is 1.56. The highest BCUT2D eigenvalue weighted by atomic mass is 19.1. The van der Waals surface area contributed by atoms with E-state index in [0.29, 0.717) is 18.0 Å². The smallest absolute Gasteiger partial charge is 0.227 e. The number of hydrogen-bond acceptors (Lipinski definition) is 2. The van der Waals surface area contributed by atoms with Crippen LogP contribution in [0.25, 0.3) is 21.9 Å². The van der Waals surface area contributed by atoms with Gasteiger partial charge in [0.25, 0.3) is 0 Å². The summed E-state index contributed by atoms with van der Waals surface area (Å²) in [4.78, 5) is 13.9. The molecular weight excluding hydrogens is 339 g/mol. The summed E-state index contributed by atoms with van der Waals surface area (Å²) in [5, 5.41) is 5.54. The van der Waals surface area contributed by atoms with Crippen molar-refractivity contribution in [3.05, 3.63) is 66.5 Å². The molecule has 1 amide bonds. The Morgan fingerprint density at radius 2 is 1.81 bits per heavy atom. The molecule has 1 N–H and O–H groups in total. The molecule has 4 rings (SSSR count). The van der Waals surface area contributed by atoms with Crippen LogP contribution >= 0.6 is 0 Å². The van der Waals surface area contributed by atoms with Gasteiger partial charge >= 0.3 is 0 Å². The molecule has 3 aromatic rings. The van der Waals surface area contributed by atoms with Gasteiger partial charge in [-0.25, -0.2) is 4.39 Å². The van der Waals surface area contributed by atoms with Crippen molar-refractivity contribution in [1.29, 1.82) is 0 Å². The maximum absolute atomic E-state index is 14.8. The number of amides is 1. The summed E-state index contributed by atoms with van der Waals surface area (Å²) in [7, 11) is 1.65. The number of anilines is 1.